The van der Waals surface area contributed by atoms with Crippen molar-refractivity contribution in [3.05, 3.63) is 40.1 Å². The second-order valence-corrected chi connectivity index (χ2v) is 5.39. The van der Waals surface area contributed by atoms with E-state index in [1.54, 1.807) is 11.3 Å². The highest BCUT2D eigenvalue weighted by molar-refractivity contribution is 7.10. The lowest BCUT2D eigenvalue weighted by Gasteiger charge is -2.18. The molecule has 0 saturated carbocycles. The summed E-state index contributed by atoms with van der Waals surface area (Å²) in [6.45, 7) is 8.48. The predicted octanol–water partition coefficient (Wildman–Crippen LogP) is 3.36. The molecule has 0 spiro atoms. The number of imidazole rings is 1. The van der Waals surface area contributed by atoms with E-state index in [-0.39, 0.29) is 6.04 Å². The lowest BCUT2D eigenvalue weighted by molar-refractivity contribution is 0.548. The molecule has 2 heterocycles. The average molecular weight is 263 g/mol. The molecule has 0 aliphatic carbocycles. The van der Waals surface area contributed by atoms with Crippen molar-refractivity contribution >= 4 is 11.3 Å². The number of hydrogen-bond acceptors (Lipinski definition) is 3. The summed E-state index contributed by atoms with van der Waals surface area (Å²) >= 11 is 1.81. The third-order valence-electron chi connectivity index (χ3n) is 3.04. The normalized spacial score (nSPS) is 12.8. The summed E-state index contributed by atoms with van der Waals surface area (Å²) in [7, 11) is 0. The van der Waals surface area contributed by atoms with Crippen molar-refractivity contribution in [2.75, 3.05) is 6.54 Å². The summed E-state index contributed by atoms with van der Waals surface area (Å²) < 4.78 is 2.26. The number of aromatic nitrogens is 2. The van der Waals surface area contributed by atoms with Crippen LogP contribution in [0.25, 0.3) is 0 Å². The zero-order chi connectivity index (χ0) is 13.0. The predicted molar refractivity (Wildman–Crippen MR) is 77.1 cm³/mol. The summed E-state index contributed by atoms with van der Waals surface area (Å²) in [4.78, 5) is 5.93. The Morgan fingerprint density at radius 1 is 1.44 bits per heavy atom. The Hall–Kier alpha value is -1.13. The Balaban J connectivity index is 2.35. The molecule has 98 valence electrons. The van der Waals surface area contributed by atoms with Crippen molar-refractivity contribution in [3.8, 4) is 0 Å². The van der Waals surface area contributed by atoms with Gasteiger partial charge >= 0.3 is 0 Å². The van der Waals surface area contributed by atoms with E-state index in [9.17, 15) is 0 Å². The number of nitrogens with zero attached hydrogens (tertiary/aromatic N) is 2. The fourth-order valence-corrected chi connectivity index (χ4v) is 3.19. The molecule has 0 saturated heterocycles. The second kappa shape index (κ2) is 6.16. The van der Waals surface area contributed by atoms with Gasteiger partial charge in [0.1, 0.15) is 11.9 Å². The lowest BCUT2D eigenvalue weighted by Crippen LogP contribution is -2.25. The van der Waals surface area contributed by atoms with E-state index in [1.807, 2.05) is 6.20 Å². The molecule has 4 heteroatoms. The highest BCUT2D eigenvalue weighted by atomic mass is 32.1. The van der Waals surface area contributed by atoms with Crippen LogP contribution in [0.1, 0.15) is 42.6 Å². The minimum Gasteiger partial charge on any atom is -0.333 e. The molecule has 0 aliphatic heterocycles. The van der Waals surface area contributed by atoms with Gasteiger partial charge < -0.3 is 9.88 Å². The van der Waals surface area contributed by atoms with Gasteiger partial charge in [-0.05, 0) is 36.9 Å². The monoisotopic (exact) mass is 263 g/mol. The van der Waals surface area contributed by atoms with E-state index >= 15 is 0 Å². The first-order valence-corrected chi connectivity index (χ1v) is 7.44. The highest BCUT2D eigenvalue weighted by Crippen LogP contribution is 2.28. The maximum absolute atomic E-state index is 4.56. The third kappa shape index (κ3) is 2.65. The van der Waals surface area contributed by atoms with Gasteiger partial charge in [0.25, 0.3) is 0 Å². The fourth-order valence-electron chi connectivity index (χ4n) is 2.20. The molecule has 0 aliphatic rings. The SMILES string of the molecule is CCCn1ccnc1C(NCC)c1sccc1C. The quantitative estimate of drug-likeness (QED) is 0.866. The molecule has 0 fully saturated rings. The average Bonchev–Trinajstić information content (AvgIpc) is 2.96. The van der Waals surface area contributed by atoms with E-state index in [0.717, 1.165) is 25.3 Å². The molecule has 2 rings (SSSR count). The molecule has 0 bridgehead atoms. The summed E-state index contributed by atoms with van der Waals surface area (Å²) in [5.74, 6) is 1.13. The van der Waals surface area contributed by atoms with Gasteiger partial charge in [0.2, 0.25) is 0 Å². The van der Waals surface area contributed by atoms with Crippen LogP contribution in [0.3, 0.4) is 0 Å². The van der Waals surface area contributed by atoms with Gasteiger partial charge in [-0.15, -0.1) is 11.3 Å². The van der Waals surface area contributed by atoms with Gasteiger partial charge in [-0.3, -0.25) is 0 Å². The number of rotatable bonds is 6. The molecular weight excluding hydrogens is 242 g/mol. The Morgan fingerprint density at radius 3 is 2.89 bits per heavy atom. The van der Waals surface area contributed by atoms with E-state index in [1.165, 1.54) is 10.4 Å². The van der Waals surface area contributed by atoms with Crippen molar-refractivity contribution in [2.45, 2.75) is 39.8 Å². The summed E-state index contributed by atoms with van der Waals surface area (Å²) in [5.41, 5.74) is 1.34. The first-order chi connectivity index (χ1) is 8.77. The number of hydrogen-bond donors (Lipinski definition) is 1. The van der Waals surface area contributed by atoms with E-state index in [0.29, 0.717) is 0 Å². The zero-order valence-electron chi connectivity index (χ0n) is 11.3. The Labute approximate surface area is 113 Å². The lowest BCUT2D eigenvalue weighted by atomic mass is 10.1. The first-order valence-electron chi connectivity index (χ1n) is 6.56. The molecule has 3 nitrogen and oxygen atoms in total. The molecule has 0 radical (unpaired) electrons. The second-order valence-electron chi connectivity index (χ2n) is 4.44. The van der Waals surface area contributed by atoms with Gasteiger partial charge in [0, 0.05) is 23.8 Å². The largest absolute Gasteiger partial charge is 0.333 e. The van der Waals surface area contributed by atoms with Crippen molar-refractivity contribution < 1.29 is 0 Å². The van der Waals surface area contributed by atoms with Crippen LogP contribution < -0.4 is 5.32 Å². The molecule has 0 amide bonds. The Morgan fingerprint density at radius 2 is 2.28 bits per heavy atom. The zero-order valence-corrected chi connectivity index (χ0v) is 12.1. The maximum Gasteiger partial charge on any atom is 0.131 e. The Bertz CT molecular complexity index is 487. The molecule has 1 atom stereocenters. The molecule has 2 aromatic heterocycles. The fraction of sp³-hybridized carbons (Fsp3) is 0.500. The van der Waals surface area contributed by atoms with E-state index in [4.69, 9.17) is 0 Å². The molecule has 1 unspecified atom stereocenters. The van der Waals surface area contributed by atoms with Gasteiger partial charge in [-0.2, -0.15) is 0 Å². The van der Waals surface area contributed by atoms with Crippen LogP contribution in [0.15, 0.2) is 23.8 Å². The summed E-state index contributed by atoms with van der Waals surface area (Å²) in [6, 6.07) is 2.40. The van der Waals surface area contributed by atoms with Crippen LogP contribution in [0.5, 0.6) is 0 Å². The maximum atomic E-state index is 4.56. The summed E-state index contributed by atoms with van der Waals surface area (Å²) in [6.07, 6.45) is 5.11. The van der Waals surface area contributed by atoms with Crippen LogP contribution in [0.4, 0.5) is 0 Å². The van der Waals surface area contributed by atoms with Gasteiger partial charge in [-0.1, -0.05) is 13.8 Å². The third-order valence-corrected chi connectivity index (χ3v) is 4.13. The molecular formula is C14H21N3S. The van der Waals surface area contributed by atoms with Crippen LogP contribution >= 0.6 is 11.3 Å². The first kappa shape index (κ1) is 13.3. The van der Waals surface area contributed by atoms with Crippen LogP contribution in [-0.2, 0) is 6.54 Å². The van der Waals surface area contributed by atoms with E-state index < -0.39 is 0 Å². The molecule has 18 heavy (non-hydrogen) atoms. The Kier molecular flexibility index (Phi) is 4.55. The number of thiophene rings is 1. The van der Waals surface area contributed by atoms with Crippen LogP contribution in [-0.4, -0.2) is 16.1 Å². The van der Waals surface area contributed by atoms with Gasteiger partial charge in [0.15, 0.2) is 0 Å². The van der Waals surface area contributed by atoms with Crippen LogP contribution in [0.2, 0.25) is 0 Å². The van der Waals surface area contributed by atoms with Crippen molar-refractivity contribution in [2.24, 2.45) is 0 Å². The smallest absolute Gasteiger partial charge is 0.131 e. The number of nitrogens with one attached hydrogen (secondary N) is 1. The standard InChI is InChI=1S/C14H21N3S/c1-4-8-17-9-7-16-14(17)12(15-5-2)13-11(3)6-10-18-13/h6-7,9-10,12,15H,4-5,8H2,1-3H3. The highest BCUT2D eigenvalue weighted by Gasteiger charge is 2.20. The molecule has 1 N–H and O–H groups in total. The minimum atomic E-state index is 0.219. The topological polar surface area (TPSA) is 29.9 Å². The van der Waals surface area contributed by atoms with Crippen molar-refractivity contribution in [3.63, 3.8) is 0 Å². The molecule has 0 aromatic carbocycles. The van der Waals surface area contributed by atoms with Crippen molar-refractivity contribution in [1.82, 2.24) is 14.9 Å². The van der Waals surface area contributed by atoms with Crippen molar-refractivity contribution in [1.29, 1.82) is 0 Å². The molecule has 2 aromatic rings. The van der Waals surface area contributed by atoms with Crippen LogP contribution in [0, 0.1) is 6.92 Å². The minimum absolute atomic E-state index is 0.219. The summed E-state index contributed by atoms with van der Waals surface area (Å²) in [5, 5.41) is 5.71. The van der Waals surface area contributed by atoms with Gasteiger partial charge in [0.05, 0.1) is 0 Å². The van der Waals surface area contributed by atoms with E-state index in [2.05, 4.69) is 53.3 Å². The van der Waals surface area contributed by atoms with Gasteiger partial charge in [-0.25, -0.2) is 4.98 Å². The number of aryl methyl sites for hydroxylation is 2.